The third-order valence-electron chi connectivity index (χ3n) is 4.28. The zero-order valence-electron chi connectivity index (χ0n) is 11.4. The van der Waals surface area contributed by atoms with E-state index in [1.54, 1.807) is 7.11 Å². The van der Waals surface area contributed by atoms with Crippen molar-refractivity contribution in [3.8, 4) is 0 Å². The van der Waals surface area contributed by atoms with Crippen LogP contribution in [0.1, 0.15) is 51.9 Å². The van der Waals surface area contributed by atoms with Gasteiger partial charge in [0.2, 0.25) is 0 Å². The molecule has 0 aromatic carbocycles. The second-order valence-electron chi connectivity index (χ2n) is 5.42. The van der Waals surface area contributed by atoms with Crippen LogP contribution in [0.3, 0.4) is 0 Å². The molecule has 1 aliphatic carbocycles. The Labute approximate surface area is 105 Å². The van der Waals surface area contributed by atoms with Crippen LogP contribution < -0.4 is 5.73 Å². The number of ether oxygens (including phenoxy) is 1. The largest absolute Gasteiger partial charge is 0.381 e. The molecular weight excluding hydrogens is 217 g/mol. The number of rotatable bonds is 7. The summed E-state index contributed by atoms with van der Waals surface area (Å²) in [4.78, 5) is 0. The summed E-state index contributed by atoms with van der Waals surface area (Å²) < 4.78 is 20.3. The molecule has 1 rings (SSSR count). The van der Waals surface area contributed by atoms with Crippen molar-refractivity contribution in [2.24, 2.45) is 17.6 Å². The van der Waals surface area contributed by atoms with Crippen molar-refractivity contribution < 1.29 is 9.13 Å². The maximum Gasteiger partial charge on any atom is 0.137 e. The zero-order chi connectivity index (χ0) is 12.7. The van der Waals surface area contributed by atoms with Crippen LogP contribution in [0.25, 0.3) is 0 Å². The Bertz CT molecular complexity index is 212. The van der Waals surface area contributed by atoms with E-state index in [0.29, 0.717) is 18.9 Å². The molecule has 1 fully saturated rings. The molecule has 2 nitrogen and oxygen atoms in total. The van der Waals surface area contributed by atoms with E-state index in [-0.39, 0.29) is 12.5 Å². The lowest BCUT2D eigenvalue weighted by atomic mass is 9.68. The molecule has 0 spiro atoms. The minimum Gasteiger partial charge on any atom is -0.381 e. The number of methoxy groups -OCH3 is 1. The lowest BCUT2D eigenvalue weighted by Crippen LogP contribution is -2.43. The summed E-state index contributed by atoms with van der Waals surface area (Å²) in [6, 6.07) is 0. The Kier molecular flexibility index (Phi) is 6.42. The van der Waals surface area contributed by atoms with Crippen molar-refractivity contribution in [3.05, 3.63) is 0 Å². The van der Waals surface area contributed by atoms with Crippen molar-refractivity contribution in [2.75, 3.05) is 20.3 Å². The van der Waals surface area contributed by atoms with Crippen LogP contribution in [0.4, 0.5) is 4.39 Å². The van der Waals surface area contributed by atoms with Gasteiger partial charge in [0.25, 0.3) is 0 Å². The van der Waals surface area contributed by atoms with Crippen molar-refractivity contribution in [3.63, 3.8) is 0 Å². The molecule has 3 atom stereocenters. The molecule has 1 aliphatic rings. The number of hydrogen-bond acceptors (Lipinski definition) is 2. The minimum atomic E-state index is -1.16. The standard InChI is InChI=1S/C14H28FNO/c1-3-12-7-4-5-8-13(12)14(15,11-17-2)9-6-10-16/h12-13H,3-11,16H2,1-2H3. The van der Waals surface area contributed by atoms with Gasteiger partial charge >= 0.3 is 0 Å². The van der Waals surface area contributed by atoms with E-state index in [1.807, 2.05) is 0 Å². The van der Waals surface area contributed by atoms with Gasteiger partial charge in [-0.1, -0.05) is 32.6 Å². The first-order chi connectivity index (χ1) is 8.18. The van der Waals surface area contributed by atoms with Crippen LogP contribution in [0.2, 0.25) is 0 Å². The van der Waals surface area contributed by atoms with Gasteiger partial charge in [0.1, 0.15) is 5.67 Å². The molecular formula is C14H28FNO. The minimum absolute atomic E-state index is 0.174. The molecule has 0 radical (unpaired) electrons. The lowest BCUT2D eigenvalue weighted by molar-refractivity contribution is -0.0473. The average molecular weight is 245 g/mol. The summed E-state index contributed by atoms with van der Waals surface area (Å²) in [5.74, 6) is 0.703. The molecule has 1 saturated carbocycles. The quantitative estimate of drug-likeness (QED) is 0.747. The van der Waals surface area contributed by atoms with Gasteiger partial charge in [-0.3, -0.25) is 0 Å². The summed E-state index contributed by atoms with van der Waals surface area (Å²) in [7, 11) is 1.60. The highest BCUT2D eigenvalue weighted by Gasteiger charge is 2.43. The Morgan fingerprint density at radius 3 is 2.65 bits per heavy atom. The molecule has 0 bridgehead atoms. The van der Waals surface area contributed by atoms with Crippen LogP contribution in [-0.4, -0.2) is 25.9 Å². The van der Waals surface area contributed by atoms with E-state index in [0.717, 1.165) is 19.3 Å². The highest BCUT2D eigenvalue weighted by atomic mass is 19.1. The summed E-state index contributed by atoms with van der Waals surface area (Å²) >= 11 is 0. The van der Waals surface area contributed by atoms with E-state index < -0.39 is 5.67 Å². The fourth-order valence-electron chi connectivity index (χ4n) is 3.38. The Morgan fingerprint density at radius 1 is 1.35 bits per heavy atom. The summed E-state index contributed by atoms with van der Waals surface area (Å²) in [5, 5.41) is 0. The van der Waals surface area contributed by atoms with Crippen LogP contribution >= 0.6 is 0 Å². The molecule has 3 unspecified atom stereocenters. The van der Waals surface area contributed by atoms with Crippen LogP contribution in [0, 0.1) is 11.8 Å². The molecule has 102 valence electrons. The summed E-state index contributed by atoms with van der Waals surface area (Å²) in [6.07, 6.45) is 7.02. The first-order valence-corrected chi connectivity index (χ1v) is 7.06. The monoisotopic (exact) mass is 245 g/mol. The van der Waals surface area contributed by atoms with E-state index in [4.69, 9.17) is 10.5 Å². The number of hydrogen-bond donors (Lipinski definition) is 1. The zero-order valence-corrected chi connectivity index (χ0v) is 11.4. The van der Waals surface area contributed by atoms with Crippen molar-refractivity contribution in [1.29, 1.82) is 0 Å². The van der Waals surface area contributed by atoms with Crippen molar-refractivity contribution in [1.82, 2.24) is 0 Å². The molecule has 0 heterocycles. The van der Waals surface area contributed by atoms with Gasteiger partial charge in [-0.25, -0.2) is 4.39 Å². The van der Waals surface area contributed by atoms with Crippen LogP contribution in [0.15, 0.2) is 0 Å². The van der Waals surface area contributed by atoms with Gasteiger partial charge in [-0.15, -0.1) is 0 Å². The molecule has 0 amide bonds. The predicted molar refractivity (Wildman–Crippen MR) is 69.7 cm³/mol. The fourth-order valence-corrected chi connectivity index (χ4v) is 3.38. The lowest BCUT2D eigenvalue weighted by Gasteiger charge is -2.41. The van der Waals surface area contributed by atoms with E-state index in [9.17, 15) is 0 Å². The molecule has 0 aromatic heterocycles. The topological polar surface area (TPSA) is 35.2 Å². The maximum atomic E-state index is 15.1. The third kappa shape index (κ3) is 3.92. The van der Waals surface area contributed by atoms with Gasteiger partial charge in [-0.05, 0) is 37.6 Å². The molecule has 0 aromatic rings. The number of halogens is 1. The summed E-state index contributed by atoms with van der Waals surface area (Å²) in [5.41, 5.74) is 4.36. The smallest absolute Gasteiger partial charge is 0.137 e. The van der Waals surface area contributed by atoms with Crippen molar-refractivity contribution >= 4 is 0 Å². The third-order valence-corrected chi connectivity index (χ3v) is 4.28. The maximum absolute atomic E-state index is 15.1. The molecule has 2 N–H and O–H groups in total. The van der Waals surface area contributed by atoms with Crippen LogP contribution in [-0.2, 0) is 4.74 Å². The normalized spacial score (nSPS) is 28.9. The SMILES string of the molecule is CCC1CCCCC1C(F)(CCCN)COC. The van der Waals surface area contributed by atoms with E-state index in [1.165, 1.54) is 19.3 Å². The van der Waals surface area contributed by atoms with E-state index in [2.05, 4.69) is 6.92 Å². The second kappa shape index (κ2) is 7.32. The average Bonchev–Trinajstić information content (AvgIpc) is 2.36. The van der Waals surface area contributed by atoms with Gasteiger partial charge in [0, 0.05) is 7.11 Å². The first kappa shape index (κ1) is 14.9. The van der Waals surface area contributed by atoms with Gasteiger partial charge in [-0.2, -0.15) is 0 Å². The number of nitrogens with two attached hydrogens (primary N) is 1. The Morgan fingerprint density at radius 2 is 2.06 bits per heavy atom. The Balaban J connectivity index is 2.71. The van der Waals surface area contributed by atoms with Gasteiger partial charge in [0.15, 0.2) is 0 Å². The first-order valence-electron chi connectivity index (χ1n) is 7.06. The predicted octanol–water partition coefficient (Wildman–Crippen LogP) is 3.30. The molecule has 0 aliphatic heterocycles. The Hall–Kier alpha value is -0.150. The van der Waals surface area contributed by atoms with E-state index >= 15 is 4.39 Å². The molecule has 0 saturated heterocycles. The van der Waals surface area contributed by atoms with Gasteiger partial charge in [0.05, 0.1) is 6.61 Å². The fraction of sp³-hybridized carbons (Fsp3) is 1.00. The molecule has 17 heavy (non-hydrogen) atoms. The van der Waals surface area contributed by atoms with Gasteiger partial charge < -0.3 is 10.5 Å². The van der Waals surface area contributed by atoms with Crippen molar-refractivity contribution in [2.45, 2.75) is 57.5 Å². The number of alkyl halides is 1. The van der Waals surface area contributed by atoms with Crippen LogP contribution in [0.5, 0.6) is 0 Å². The molecule has 3 heteroatoms. The highest BCUT2D eigenvalue weighted by molar-refractivity contribution is 4.92. The summed E-state index contributed by atoms with van der Waals surface area (Å²) in [6.45, 7) is 2.98. The second-order valence-corrected chi connectivity index (χ2v) is 5.42. The highest BCUT2D eigenvalue weighted by Crippen LogP contribution is 2.43.